The minimum atomic E-state index is -4.51. The Hall–Kier alpha value is -1.96. The molecule has 0 atom stereocenters. The van der Waals surface area contributed by atoms with E-state index in [9.17, 15) is 13.2 Å². The highest BCUT2D eigenvalue weighted by atomic mass is 19.4. The van der Waals surface area contributed by atoms with Crippen molar-refractivity contribution in [1.29, 1.82) is 0 Å². The zero-order valence-corrected chi connectivity index (χ0v) is 8.30. The van der Waals surface area contributed by atoms with Crippen molar-refractivity contribution in [2.75, 3.05) is 11.9 Å². The Kier molecular flexibility index (Phi) is 3.56. The van der Waals surface area contributed by atoms with Crippen LogP contribution in [0.5, 0.6) is 0 Å². The summed E-state index contributed by atoms with van der Waals surface area (Å²) in [5.41, 5.74) is -0.993. The van der Waals surface area contributed by atoms with Gasteiger partial charge in [-0.1, -0.05) is 12.1 Å². The fourth-order valence-electron chi connectivity index (χ4n) is 1.16. The van der Waals surface area contributed by atoms with E-state index in [1.807, 2.05) is 0 Å². The SMILES string of the molecule is [C-]#[N+]c1ccc(NCC=C)cc1C(F)(F)F. The molecule has 0 aliphatic carbocycles. The number of halogens is 3. The van der Waals surface area contributed by atoms with Crippen LogP contribution in [0.15, 0.2) is 30.9 Å². The van der Waals surface area contributed by atoms with Crippen LogP contribution in [-0.2, 0) is 6.18 Å². The molecule has 0 bridgehead atoms. The summed E-state index contributed by atoms with van der Waals surface area (Å²) in [6.45, 7) is 10.5. The minimum Gasteiger partial charge on any atom is -0.382 e. The molecule has 16 heavy (non-hydrogen) atoms. The second-order valence-electron chi connectivity index (χ2n) is 3.01. The van der Waals surface area contributed by atoms with Gasteiger partial charge in [0.25, 0.3) is 0 Å². The van der Waals surface area contributed by atoms with Crippen molar-refractivity contribution < 1.29 is 13.2 Å². The first kappa shape index (κ1) is 12.1. The first-order chi connectivity index (χ1) is 7.49. The van der Waals surface area contributed by atoms with Crippen molar-refractivity contribution >= 4 is 11.4 Å². The molecule has 1 aromatic carbocycles. The summed E-state index contributed by atoms with van der Waals surface area (Å²) in [4.78, 5) is 2.84. The lowest BCUT2D eigenvalue weighted by Crippen LogP contribution is -2.06. The third-order valence-electron chi connectivity index (χ3n) is 1.87. The van der Waals surface area contributed by atoms with Crippen molar-refractivity contribution in [3.63, 3.8) is 0 Å². The van der Waals surface area contributed by atoms with E-state index in [-0.39, 0.29) is 0 Å². The van der Waals surface area contributed by atoms with E-state index in [0.29, 0.717) is 12.2 Å². The quantitative estimate of drug-likeness (QED) is 0.611. The average Bonchev–Trinajstić information content (AvgIpc) is 2.24. The Morgan fingerprint density at radius 1 is 1.44 bits per heavy atom. The van der Waals surface area contributed by atoms with Crippen molar-refractivity contribution in [3.05, 3.63) is 47.8 Å². The second-order valence-corrected chi connectivity index (χ2v) is 3.01. The van der Waals surface area contributed by atoms with Gasteiger partial charge in [-0.2, -0.15) is 13.2 Å². The molecule has 0 spiro atoms. The van der Waals surface area contributed by atoms with Crippen LogP contribution >= 0.6 is 0 Å². The summed E-state index contributed by atoms with van der Waals surface area (Å²) in [7, 11) is 0. The third kappa shape index (κ3) is 2.76. The third-order valence-corrected chi connectivity index (χ3v) is 1.87. The molecule has 0 radical (unpaired) electrons. The van der Waals surface area contributed by atoms with Crippen LogP contribution in [0.3, 0.4) is 0 Å². The standard InChI is InChI=1S/C11H9F3N2/c1-3-6-16-8-4-5-10(15-2)9(7-8)11(12,13)14/h3-5,7,16H,1,6H2. The number of nitrogens with one attached hydrogen (secondary N) is 1. The van der Waals surface area contributed by atoms with Crippen LogP contribution in [0.1, 0.15) is 5.56 Å². The Balaban J connectivity index is 3.13. The van der Waals surface area contributed by atoms with Gasteiger partial charge < -0.3 is 5.32 Å². The van der Waals surface area contributed by atoms with Crippen molar-refractivity contribution in [2.24, 2.45) is 0 Å². The van der Waals surface area contributed by atoms with Gasteiger partial charge >= 0.3 is 6.18 Å². The molecular formula is C11H9F3N2. The summed E-state index contributed by atoms with van der Waals surface area (Å²) < 4.78 is 37.6. The van der Waals surface area contributed by atoms with Gasteiger partial charge in [0.05, 0.1) is 12.1 Å². The van der Waals surface area contributed by atoms with Crippen LogP contribution in [0.25, 0.3) is 4.85 Å². The molecule has 0 unspecified atom stereocenters. The number of nitrogens with zero attached hydrogens (tertiary/aromatic N) is 1. The molecule has 0 aliphatic rings. The molecule has 0 saturated carbocycles. The first-order valence-corrected chi connectivity index (χ1v) is 4.42. The normalized spacial score (nSPS) is 10.6. The topological polar surface area (TPSA) is 16.4 Å². The van der Waals surface area contributed by atoms with Crippen molar-refractivity contribution in [1.82, 2.24) is 0 Å². The van der Waals surface area contributed by atoms with Crippen LogP contribution in [-0.4, -0.2) is 6.54 Å². The van der Waals surface area contributed by atoms with Crippen LogP contribution < -0.4 is 5.32 Å². The van der Waals surface area contributed by atoms with Gasteiger partial charge in [-0.25, -0.2) is 4.85 Å². The molecule has 1 N–H and O–H groups in total. The predicted molar refractivity (Wildman–Crippen MR) is 56.4 cm³/mol. The number of anilines is 1. The number of benzene rings is 1. The van der Waals surface area contributed by atoms with Gasteiger partial charge in [0, 0.05) is 12.2 Å². The van der Waals surface area contributed by atoms with E-state index in [0.717, 1.165) is 12.1 Å². The Morgan fingerprint density at radius 2 is 2.12 bits per heavy atom. The lowest BCUT2D eigenvalue weighted by molar-refractivity contribution is -0.136. The highest BCUT2D eigenvalue weighted by Crippen LogP contribution is 2.37. The predicted octanol–water partition coefficient (Wildman–Crippen LogP) is 3.85. The fourth-order valence-corrected chi connectivity index (χ4v) is 1.16. The second kappa shape index (κ2) is 4.71. The minimum absolute atomic E-state index is 0.319. The smallest absolute Gasteiger partial charge is 0.382 e. The van der Waals surface area contributed by atoms with Crippen molar-refractivity contribution in [2.45, 2.75) is 6.18 Å². The van der Waals surface area contributed by atoms with Gasteiger partial charge in [0.2, 0.25) is 0 Å². The van der Waals surface area contributed by atoms with E-state index in [1.165, 1.54) is 12.1 Å². The molecule has 5 heteroatoms. The van der Waals surface area contributed by atoms with E-state index < -0.39 is 17.4 Å². The van der Waals surface area contributed by atoms with Gasteiger partial charge in [-0.05, 0) is 12.1 Å². The molecule has 0 fully saturated rings. The van der Waals surface area contributed by atoms with Crippen LogP contribution in [0, 0.1) is 6.57 Å². The number of hydrogen-bond donors (Lipinski definition) is 1. The van der Waals surface area contributed by atoms with E-state index in [1.54, 1.807) is 0 Å². The molecule has 1 aromatic rings. The molecule has 84 valence electrons. The lowest BCUT2D eigenvalue weighted by Gasteiger charge is -2.11. The number of alkyl halides is 3. The monoisotopic (exact) mass is 226 g/mol. The molecular weight excluding hydrogens is 217 g/mol. The van der Waals surface area contributed by atoms with Gasteiger partial charge in [0.15, 0.2) is 5.69 Å². The summed E-state index contributed by atoms with van der Waals surface area (Å²) in [6, 6.07) is 3.52. The summed E-state index contributed by atoms with van der Waals surface area (Å²) >= 11 is 0. The van der Waals surface area contributed by atoms with E-state index in [2.05, 4.69) is 16.7 Å². The molecule has 2 nitrogen and oxygen atoms in total. The molecule has 0 amide bonds. The zero-order valence-electron chi connectivity index (χ0n) is 8.30. The largest absolute Gasteiger partial charge is 0.407 e. The summed E-state index contributed by atoms with van der Waals surface area (Å²) in [6.07, 6.45) is -2.97. The zero-order chi connectivity index (χ0) is 12.2. The number of hydrogen-bond acceptors (Lipinski definition) is 1. The van der Waals surface area contributed by atoms with Crippen LogP contribution in [0.2, 0.25) is 0 Å². The van der Waals surface area contributed by atoms with Crippen LogP contribution in [0.4, 0.5) is 24.5 Å². The maximum atomic E-state index is 12.5. The number of rotatable bonds is 3. The highest BCUT2D eigenvalue weighted by Gasteiger charge is 2.33. The fraction of sp³-hybridized carbons (Fsp3) is 0.182. The summed E-state index contributed by atoms with van der Waals surface area (Å²) in [5.74, 6) is 0. The molecule has 0 aliphatic heterocycles. The van der Waals surface area contributed by atoms with Crippen molar-refractivity contribution in [3.8, 4) is 0 Å². The maximum absolute atomic E-state index is 12.5. The molecule has 0 saturated heterocycles. The average molecular weight is 226 g/mol. The molecule has 0 aromatic heterocycles. The summed E-state index contributed by atoms with van der Waals surface area (Å²) in [5, 5.41) is 2.74. The van der Waals surface area contributed by atoms with Gasteiger partial charge in [0.1, 0.15) is 0 Å². The molecule has 1 rings (SSSR count). The Bertz CT molecular complexity index is 430. The van der Waals surface area contributed by atoms with Gasteiger partial charge in [-0.15, -0.1) is 6.58 Å². The first-order valence-electron chi connectivity index (χ1n) is 4.42. The Labute approximate surface area is 91.2 Å². The maximum Gasteiger partial charge on any atom is 0.407 e. The highest BCUT2D eigenvalue weighted by molar-refractivity contribution is 5.61. The Morgan fingerprint density at radius 3 is 2.62 bits per heavy atom. The van der Waals surface area contributed by atoms with Gasteiger partial charge in [-0.3, -0.25) is 0 Å². The van der Waals surface area contributed by atoms with E-state index >= 15 is 0 Å². The molecule has 0 heterocycles. The van der Waals surface area contributed by atoms with E-state index in [4.69, 9.17) is 6.57 Å². The lowest BCUT2D eigenvalue weighted by atomic mass is 10.1.